The van der Waals surface area contributed by atoms with Gasteiger partial charge in [-0.05, 0) is 43.0 Å². The van der Waals surface area contributed by atoms with Gasteiger partial charge in [-0.3, -0.25) is 0 Å². The van der Waals surface area contributed by atoms with Crippen molar-refractivity contribution in [3.63, 3.8) is 0 Å². The van der Waals surface area contributed by atoms with Crippen LogP contribution in [0.4, 0.5) is 0 Å². The zero-order chi connectivity index (χ0) is 12.9. The number of benzene rings is 1. The first kappa shape index (κ1) is 11.3. The maximum Gasteiger partial charge on any atom is 0.227 e. The second-order valence-corrected chi connectivity index (χ2v) is 5.23. The Morgan fingerprint density at radius 2 is 1.72 bits per heavy atom. The van der Waals surface area contributed by atoms with Gasteiger partial charge in [-0.25, -0.2) is 4.98 Å². The summed E-state index contributed by atoms with van der Waals surface area (Å²) in [5.74, 6) is 0.422. The largest absolute Gasteiger partial charge is 0.437 e. The highest BCUT2D eigenvalue weighted by Crippen LogP contribution is 2.31. The number of furan rings is 1. The molecular weight excluding hydrogens is 222 g/mol. The highest BCUT2D eigenvalue weighted by molar-refractivity contribution is 6.04. The van der Waals surface area contributed by atoms with Crippen LogP contribution in [0, 0.1) is 13.8 Å². The number of rotatable bonds is 1. The molecule has 92 valence electrons. The molecule has 0 saturated heterocycles. The fourth-order valence-electron chi connectivity index (χ4n) is 2.29. The van der Waals surface area contributed by atoms with Crippen molar-refractivity contribution in [2.24, 2.45) is 0 Å². The first-order chi connectivity index (χ1) is 8.58. The second kappa shape index (κ2) is 3.84. The molecule has 0 bridgehead atoms. The monoisotopic (exact) mass is 239 g/mol. The first-order valence-electron chi connectivity index (χ1n) is 6.37. The number of hydrogen-bond acceptors (Lipinski definition) is 2. The van der Waals surface area contributed by atoms with E-state index >= 15 is 0 Å². The summed E-state index contributed by atoms with van der Waals surface area (Å²) in [5, 5.41) is 2.27. The minimum atomic E-state index is 0.422. The molecule has 0 amide bonds. The molecule has 18 heavy (non-hydrogen) atoms. The molecule has 0 aliphatic rings. The van der Waals surface area contributed by atoms with Crippen molar-refractivity contribution < 1.29 is 4.42 Å². The van der Waals surface area contributed by atoms with E-state index in [1.807, 2.05) is 0 Å². The van der Waals surface area contributed by atoms with Gasteiger partial charge in [0, 0.05) is 16.5 Å². The lowest BCUT2D eigenvalue weighted by molar-refractivity contribution is 0.644. The van der Waals surface area contributed by atoms with E-state index in [1.54, 1.807) is 0 Å². The Bertz CT molecular complexity index is 738. The molecule has 2 nitrogen and oxygen atoms in total. The van der Waals surface area contributed by atoms with E-state index in [9.17, 15) is 0 Å². The van der Waals surface area contributed by atoms with E-state index < -0.39 is 0 Å². The number of pyridine rings is 1. The molecule has 2 heterocycles. The molecule has 3 aromatic rings. The molecule has 0 N–H and O–H groups in total. The molecule has 0 fully saturated rings. The summed E-state index contributed by atoms with van der Waals surface area (Å²) in [6, 6.07) is 8.48. The third kappa shape index (κ3) is 1.52. The van der Waals surface area contributed by atoms with Crippen LogP contribution < -0.4 is 0 Å². The van der Waals surface area contributed by atoms with Crippen LogP contribution in [-0.4, -0.2) is 4.98 Å². The maximum absolute atomic E-state index is 5.94. The molecule has 0 radical (unpaired) electrons. The Morgan fingerprint density at radius 3 is 2.44 bits per heavy atom. The van der Waals surface area contributed by atoms with Crippen LogP contribution >= 0.6 is 0 Å². The van der Waals surface area contributed by atoms with Gasteiger partial charge in [0.25, 0.3) is 0 Å². The highest BCUT2D eigenvalue weighted by Gasteiger charge is 2.12. The molecular formula is C16H17NO. The zero-order valence-corrected chi connectivity index (χ0v) is 11.2. The summed E-state index contributed by atoms with van der Waals surface area (Å²) >= 11 is 0. The second-order valence-electron chi connectivity index (χ2n) is 5.23. The Hall–Kier alpha value is -1.83. The van der Waals surface area contributed by atoms with E-state index in [0.29, 0.717) is 5.92 Å². The van der Waals surface area contributed by atoms with Gasteiger partial charge in [-0.2, -0.15) is 0 Å². The van der Waals surface area contributed by atoms with Crippen molar-refractivity contribution in [2.75, 3.05) is 0 Å². The van der Waals surface area contributed by atoms with Gasteiger partial charge in [-0.15, -0.1) is 0 Å². The number of hydrogen-bond donors (Lipinski definition) is 0. The summed E-state index contributed by atoms with van der Waals surface area (Å²) in [6.45, 7) is 8.50. The first-order valence-corrected chi connectivity index (χ1v) is 6.37. The molecule has 0 aliphatic carbocycles. The number of aromatic nitrogens is 1. The molecule has 2 heteroatoms. The number of aryl methyl sites for hydroxylation is 2. The summed E-state index contributed by atoms with van der Waals surface area (Å²) < 4.78 is 5.94. The summed E-state index contributed by atoms with van der Waals surface area (Å²) in [7, 11) is 0. The molecule has 0 saturated carbocycles. The quantitative estimate of drug-likeness (QED) is 0.614. The van der Waals surface area contributed by atoms with Gasteiger partial charge < -0.3 is 4.42 Å². The maximum atomic E-state index is 5.94. The molecule has 0 aliphatic heterocycles. The van der Waals surface area contributed by atoms with Gasteiger partial charge in [0.05, 0.1) is 0 Å². The van der Waals surface area contributed by atoms with Crippen molar-refractivity contribution in [1.29, 1.82) is 0 Å². The lowest BCUT2D eigenvalue weighted by Crippen LogP contribution is -1.90. The van der Waals surface area contributed by atoms with E-state index in [2.05, 4.69) is 56.9 Å². The Balaban J connectivity index is 2.39. The fraction of sp³-hybridized carbons (Fsp3) is 0.312. The molecule has 3 rings (SSSR count). The standard InChI is InChI=1S/C16H17NO/c1-9(2)14-8-7-13-12-6-5-10(3)11(4)15(12)18-16(13)17-14/h5-9H,1-4H3. The van der Waals surface area contributed by atoms with Gasteiger partial charge >= 0.3 is 0 Å². The van der Waals surface area contributed by atoms with Crippen LogP contribution in [0.1, 0.15) is 36.6 Å². The molecule has 1 aromatic carbocycles. The van der Waals surface area contributed by atoms with E-state index in [4.69, 9.17) is 4.42 Å². The zero-order valence-electron chi connectivity index (χ0n) is 11.2. The number of nitrogens with zero attached hydrogens (tertiary/aromatic N) is 1. The van der Waals surface area contributed by atoms with Crippen LogP contribution in [0.5, 0.6) is 0 Å². The normalized spacial score (nSPS) is 11.8. The van der Waals surface area contributed by atoms with Crippen molar-refractivity contribution in [3.8, 4) is 0 Å². The summed E-state index contributed by atoms with van der Waals surface area (Å²) in [5.41, 5.74) is 5.27. The van der Waals surface area contributed by atoms with Gasteiger partial charge in [0.1, 0.15) is 5.58 Å². The summed E-state index contributed by atoms with van der Waals surface area (Å²) in [4.78, 5) is 4.62. The molecule has 0 atom stereocenters. The molecule has 2 aromatic heterocycles. The Kier molecular flexibility index (Phi) is 2.40. The molecule has 0 unspecified atom stereocenters. The minimum Gasteiger partial charge on any atom is -0.437 e. The van der Waals surface area contributed by atoms with Crippen molar-refractivity contribution in [2.45, 2.75) is 33.6 Å². The average molecular weight is 239 g/mol. The smallest absolute Gasteiger partial charge is 0.227 e. The highest BCUT2D eigenvalue weighted by atomic mass is 16.3. The van der Waals surface area contributed by atoms with Crippen LogP contribution in [0.2, 0.25) is 0 Å². The van der Waals surface area contributed by atoms with Crippen LogP contribution in [-0.2, 0) is 0 Å². The number of fused-ring (bicyclic) bond motifs is 3. The predicted molar refractivity (Wildman–Crippen MR) is 75.1 cm³/mol. The van der Waals surface area contributed by atoms with Gasteiger partial charge in [-0.1, -0.05) is 26.0 Å². The lowest BCUT2D eigenvalue weighted by atomic mass is 10.1. The molecule has 0 spiro atoms. The lowest BCUT2D eigenvalue weighted by Gasteiger charge is -2.02. The van der Waals surface area contributed by atoms with Crippen LogP contribution in [0.3, 0.4) is 0 Å². The third-order valence-electron chi connectivity index (χ3n) is 3.64. The SMILES string of the molecule is Cc1ccc2c(oc3nc(C(C)C)ccc32)c1C. The third-order valence-corrected chi connectivity index (χ3v) is 3.64. The van der Waals surface area contributed by atoms with Crippen LogP contribution in [0.25, 0.3) is 22.1 Å². The van der Waals surface area contributed by atoms with E-state index in [-0.39, 0.29) is 0 Å². The Morgan fingerprint density at radius 1 is 1.00 bits per heavy atom. The predicted octanol–water partition coefficient (Wildman–Crippen LogP) is 4.72. The van der Waals surface area contributed by atoms with E-state index in [1.165, 1.54) is 11.1 Å². The Labute approximate surface area is 107 Å². The average Bonchev–Trinajstić information content (AvgIpc) is 2.72. The van der Waals surface area contributed by atoms with Crippen molar-refractivity contribution in [1.82, 2.24) is 4.98 Å². The minimum absolute atomic E-state index is 0.422. The van der Waals surface area contributed by atoms with Crippen LogP contribution in [0.15, 0.2) is 28.7 Å². The van der Waals surface area contributed by atoms with Gasteiger partial charge in [0.2, 0.25) is 5.71 Å². The van der Waals surface area contributed by atoms with E-state index in [0.717, 1.165) is 27.8 Å². The topological polar surface area (TPSA) is 26.0 Å². The van der Waals surface area contributed by atoms with Crippen molar-refractivity contribution >= 4 is 22.1 Å². The van der Waals surface area contributed by atoms with Crippen molar-refractivity contribution in [3.05, 3.63) is 41.1 Å². The fourth-order valence-corrected chi connectivity index (χ4v) is 2.29. The summed E-state index contributed by atoms with van der Waals surface area (Å²) in [6.07, 6.45) is 0. The van der Waals surface area contributed by atoms with Gasteiger partial charge in [0.15, 0.2) is 0 Å².